The van der Waals surface area contributed by atoms with Crippen molar-refractivity contribution in [2.75, 3.05) is 7.11 Å². The van der Waals surface area contributed by atoms with E-state index in [9.17, 15) is 9.59 Å². The highest BCUT2D eigenvalue weighted by Crippen LogP contribution is 2.31. The summed E-state index contributed by atoms with van der Waals surface area (Å²) < 4.78 is 9.93. The van der Waals surface area contributed by atoms with E-state index in [0.717, 1.165) is 7.11 Å². The molecule has 0 heterocycles. The first-order chi connectivity index (χ1) is 10.0. The lowest BCUT2D eigenvalue weighted by molar-refractivity contribution is -0.135. The Balaban J connectivity index is 2.26. The van der Waals surface area contributed by atoms with Gasteiger partial charge in [0.05, 0.1) is 17.2 Å². The van der Waals surface area contributed by atoms with Gasteiger partial charge in [-0.2, -0.15) is 0 Å². The Morgan fingerprint density at radius 2 is 1.71 bits per heavy atom. The smallest absolute Gasteiger partial charge is 0.379 e. The van der Waals surface area contributed by atoms with Crippen LogP contribution in [0.5, 0.6) is 11.5 Å². The van der Waals surface area contributed by atoms with Crippen molar-refractivity contribution < 1.29 is 19.1 Å². The number of benzene rings is 2. The molecule has 6 heteroatoms. The van der Waals surface area contributed by atoms with Gasteiger partial charge in [0.15, 0.2) is 0 Å². The van der Waals surface area contributed by atoms with Gasteiger partial charge in [-0.05, 0) is 24.3 Å². The summed E-state index contributed by atoms with van der Waals surface area (Å²) in [6.45, 7) is 0. The van der Waals surface area contributed by atoms with Crippen molar-refractivity contribution >= 4 is 35.0 Å². The lowest BCUT2D eigenvalue weighted by Gasteiger charge is -2.09. The lowest BCUT2D eigenvalue weighted by Crippen LogP contribution is -2.16. The maximum Gasteiger partial charge on any atom is 0.379 e. The molecule has 0 radical (unpaired) electrons. The zero-order valence-corrected chi connectivity index (χ0v) is 12.4. The second-order valence-corrected chi connectivity index (χ2v) is 4.81. The molecule has 2 aromatic rings. The molecule has 2 rings (SSSR count). The number of hydrogen-bond acceptors (Lipinski definition) is 4. The fourth-order valence-corrected chi connectivity index (χ4v) is 2.03. The summed E-state index contributed by atoms with van der Waals surface area (Å²) in [5.74, 6) is -0.930. The van der Waals surface area contributed by atoms with Gasteiger partial charge in [-0.1, -0.05) is 35.3 Å². The van der Waals surface area contributed by atoms with Gasteiger partial charge < -0.3 is 9.47 Å². The van der Waals surface area contributed by atoms with Crippen LogP contribution < -0.4 is 4.74 Å². The molecule has 0 bridgehead atoms. The van der Waals surface area contributed by atoms with Crippen LogP contribution in [0.4, 0.5) is 0 Å². The number of carbonyl (C=O) groups is 2. The highest BCUT2D eigenvalue weighted by atomic mass is 35.5. The molecule has 0 N–H and O–H groups in total. The minimum Gasteiger partial charge on any atom is -0.463 e. The highest BCUT2D eigenvalue weighted by Gasteiger charge is 2.20. The van der Waals surface area contributed by atoms with E-state index in [2.05, 4.69) is 4.74 Å². The molecule has 0 aliphatic rings. The quantitative estimate of drug-likeness (QED) is 0.482. The first kappa shape index (κ1) is 15.4. The molecule has 0 aliphatic heterocycles. The summed E-state index contributed by atoms with van der Waals surface area (Å²) in [6.07, 6.45) is 0. The average Bonchev–Trinajstić information content (AvgIpc) is 2.48. The van der Waals surface area contributed by atoms with Crippen LogP contribution in [0.2, 0.25) is 10.0 Å². The molecule has 0 atom stereocenters. The number of Topliss-reactive ketones (excluding diaryl/α,β-unsaturated/α-hetero) is 1. The third-order valence-electron chi connectivity index (χ3n) is 2.62. The van der Waals surface area contributed by atoms with Gasteiger partial charge in [0.25, 0.3) is 5.78 Å². The van der Waals surface area contributed by atoms with Gasteiger partial charge in [0.2, 0.25) is 0 Å². The molecule has 0 aliphatic carbocycles. The van der Waals surface area contributed by atoms with Crippen molar-refractivity contribution in [2.24, 2.45) is 0 Å². The summed E-state index contributed by atoms with van der Waals surface area (Å²) in [5.41, 5.74) is 0.0509. The molecule has 0 unspecified atom stereocenters. The fraction of sp³-hybridized carbons (Fsp3) is 0.0667. The third kappa shape index (κ3) is 3.54. The highest BCUT2D eigenvalue weighted by molar-refractivity contribution is 6.45. The van der Waals surface area contributed by atoms with Crippen LogP contribution in [-0.2, 0) is 9.53 Å². The third-order valence-corrected chi connectivity index (χ3v) is 3.25. The zero-order valence-electron chi connectivity index (χ0n) is 10.9. The average molecular weight is 325 g/mol. The van der Waals surface area contributed by atoms with E-state index in [-0.39, 0.29) is 10.6 Å². The monoisotopic (exact) mass is 324 g/mol. The predicted octanol–water partition coefficient (Wildman–Crippen LogP) is 4.14. The summed E-state index contributed by atoms with van der Waals surface area (Å²) in [6, 6.07) is 11.3. The van der Waals surface area contributed by atoms with Crippen molar-refractivity contribution in [1.82, 2.24) is 0 Å². The molecule has 0 saturated heterocycles. The Labute approximate surface area is 131 Å². The summed E-state index contributed by atoms with van der Waals surface area (Å²) >= 11 is 12.0. The van der Waals surface area contributed by atoms with Crippen LogP contribution in [0.3, 0.4) is 0 Å². The number of ketones is 1. The molecule has 0 saturated carbocycles. The summed E-state index contributed by atoms with van der Waals surface area (Å²) in [5, 5.41) is 0.540. The van der Waals surface area contributed by atoms with E-state index in [0.29, 0.717) is 16.5 Å². The van der Waals surface area contributed by atoms with Crippen LogP contribution in [0.25, 0.3) is 0 Å². The minimum absolute atomic E-state index is 0.0509. The normalized spacial score (nSPS) is 10.0. The molecular formula is C15H10Cl2O4. The largest absolute Gasteiger partial charge is 0.463 e. The first-order valence-electron chi connectivity index (χ1n) is 5.87. The minimum atomic E-state index is -0.975. The Morgan fingerprint density at radius 1 is 1.00 bits per heavy atom. The number of rotatable bonds is 4. The van der Waals surface area contributed by atoms with Crippen molar-refractivity contribution in [3.8, 4) is 11.5 Å². The standard InChI is InChI=1S/C15H10Cl2O4/c1-20-15(19)14(18)10-7-6-9(8-12(10)17)21-13-5-3-2-4-11(13)16/h2-8H,1H3. The van der Waals surface area contributed by atoms with Gasteiger partial charge in [0, 0.05) is 11.6 Å². The molecule has 0 aromatic heterocycles. The Bertz CT molecular complexity index is 698. The first-order valence-corrected chi connectivity index (χ1v) is 6.63. The molecule has 0 amide bonds. The molecule has 0 spiro atoms. The van der Waals surface area contributed by atoms with E-state index in [4.69, 9.17) is 27.9 Å². The van der Waals surface area contributed by atoms with E-state index >= 15 is 0 Å². The second kappa shape index (κ2) is 6.61. The van der Waals surface area contributed by atoms with Gasteiger partial charge in [-0.15, -0.1) is 0 Å². The van der Waals surface area contributed by atoms with E-state index in [1.165, 1.54) is 18.2 Å². The molecular weight excluding hydrogens is 315 g/mol. The van der Waals surface area contributed by atoms with E-state index < -0.39 is 11.8 Å². The van der Waals surface area contributed by atoms with Crippen molar-refractivity contribution in [1.29, 1.82) is 0 Å². The van der Waals surface area contributed by atoms with Gasteiger partial charge in [0.1, 0.15) is 11.5 Å². The number of para-hydroxylation sites is 1. The van der Waals surface area contributed by atoms with Crippen LogP contribution in [0, 0.1) is 0 Å². The Kier molecular flexibility index (Phi) is 4.83. The second-order valence-electron chi connectivity index (χ2n) is 3.99. The van der Waals surface area contributed by atoms with Crippen molar-refractivity contribution in [3.05, 3.63) is 58.1 Å². The SMILES string of the molecule is COC(=O)C(=O)c1ccc(Oc2ccccc2Cl)cc1Cl. The van der Waals surface area contributed by atoms with Crippen LogP contribution in [-0.4, -0.2) is 18.9 Å². The number of esters is 1. The Hall–Kier alpha value is -2.04. The number of hydrogen-bond donors (Lipinski definition) is 0. The van der Waals surface area contributed by atoms with Gasteiger partial charge in [-0.3, -0.25) is 4.79 Å². The van der Waals surface area contributed by atoms with E-state index in [1.807, 2.05) is 0 Å². The lowest BCUT2D eigenvalue weighted by atomic mass is 10.1. The summed E-state index contributed by atoms with van der Waals surface area (Å²) in [7, 11) is 1.13. The van der Waals surface area contributed by atoms with Gasteiger partial charge >= 0.3 is 5.97 Å². The molecule has 2 aromatic carbocycles. The maximum atomic E-state index is 11.7. The number of ether oxygens (including phenoxy) is 2. The Morgan fingerprint density at radius 3 is 2.33 bits per heavy atom. The predicted molar refractivity (Wildman–Crippen MR) is 79.3 cm³/mol. The fourth-order valence-electron chi connectivity index (χ4n) is 1.60. The zero-order chi connectivity index (χ0) is 15.4. The molecule has 108 valence electrons. The number of halogens is 2. The molecule has 0 fully saturated rings. The summed E-state index contributed by atoms with van der Waals surface area (Å²) in [4.78, 5) is 22.9. The van der Waals surface area contributed by atoms with Crippen LogP contribution in [0.1, 0.15) is 10.4 Å². The van der Waals surface area contributed by atoms with Gasteiger partial charge in [-0.25, -0.2) is 4.79 Å². The number of carbonyl (C=O) groups excluding carboxylic acids is 2. The maximum absolute atomic E-state index is 11.7. The van der Waals surface area contributed by atoms with Crippen LogP contribution in [0.15, 0.2) is 42.5 Å². The van der Waals surface area contributed by atoms with E-state index in [1.54, 1.807) is 24.3 Å². The molecule has 21 heavy (non-hydrogen) atoms. The van der Waals surface area contributed by atoms with Crippen LogP contribution >= 0.6 is 23.2 Å². The molecule has 4 nitrogen and oxygen atoms in total. The topological polar surface area (TPSA) is 52.6 Å². The number of methoxy groups -OCH3 is 1. The van der Waals surface area contributed by atoms with Crippen molar-refractivity contribution in [3.63, 3.8) is 0 Å². The van der Waals surface area contributed by atoms with Crippen molar-refractivity contribution in [2.45, 2.75) is 0 Å².